The lowest BCUT2D eigenvalue weighted by Gasteiger charge is -2.16. The predicted octanol–water partition coefficient (Wildman–Crippen LogP) is 1.66. The Kier molecular flexibility index (Phi) is 3.73. The van der Waals surface area contributed by atoms with Crippen molar-refractivity contribution in [3.8, 4) is 11.5 Å². The van der Waals surface area contributed by atoms with Crippen LogP contribution in [0.1, 0.15) is 18.6 Å². The van der Waals surface area contributed by atoms with Crippen molar-refractivity contribution in [2.24, 2.45) is 5.90 Å². The number of benzene rings is 1. The zero-order chi connectivity index (χ0) is 10.6. The van der Waals surface area contributed by atoms with E-state index in [-0.39, 0.29) is 6.10 Å². The van der Waals surface area contributed by atoms with E-state index in [9.17, 15) is 0 Å². The minimum Gasteiger partial charge on any atom is -0.496 e. The second kappa shape index (κ2) is 4.83. The van der Waals surface area contributed by atoms with Gasteiger partial charge in [0.25, 0.3) is 0 Å². The molecular weight excluding hydrogens is 182 g/mol. The van der Waals surface area contributed by atoms with E-state index in [1.165, 1.54) is 0 Å². The first kappa shape index (κ1) is 10.8. The van der Waals surface area contributed by atoms with Gasteiger partial charge in [0.1, 0.15) is 17.6 Å². The van der Waals surface area contributed by atoms with Crippen LogP contribution in [0.5, 0.6) is 11.5 Å². The SMILES string of the molecule is COc1cccc(OC)c1C(C)ON. The second-order valence-corrected chi connectivity index (χ2v) is 2.85. The van der Waals surface area contributed by atoms with Gasteiger partial charge in [-0.25, -0.2) is 5.90 Å². The van der Waals surface area contributed by atoms with Crippen molar-refractivity contribution in [2.75, 3.05) is 14.2 Å². The van der Waals surface area contributed by atoms with E-state index in [4.69, 9.17) is 20.2 Å². The molecule has 1 aromatic rings. The summed E-state index contributed by atoms with van der Waals surface area (Å²) in [6.07, 6.45) is -0.263. The quantitative estimate of drug-likeness (QED) is 0.746. The summed E-state index contributed by atoms with van der Waals surface area (Å²) in [7, 11) is 3.20. The fraction of sp³-hybridized carbons (Fsp3) is 0.400. The van der Waals surface area contributed by atoms with Crippen LogP contribution < -0.4 is 15.4 Å². The zero-order valence-corrected chi connectivity index (χ0v) is 8.61. The lowest BCUT2D eigenvalue weighted by atomic mass is 10.1. The molecule has 4 nitrogen and oxygen atoms in total. The fourth-order valence-corrected chi connectivity index (χ4v) is 1.35. The van der Waals surface area contributed by atoms with E-state index in [0.717, 1.165) is 5.56 Å². The number of hydrogen-bond donors (Lipinski definition) is 1. The van der Waals surface area contributed by atoms with Gasteiger partial charge in [0, 0.05) is 0 Å². The third-order valence-electron chi connectivity index (χ3n) is 2.08. The highest BCUT2D eigenvalue weighted by Gasteiger charge is 2.16. The Hall–Kier alpha value is -1.26. The van der Waals surface area contributed by atoms with Gasteiger partial charge in [-0.1, -0.05) is 6.07 Å². The summed E-state index contributed by atoms with van der Waals surface area (Å²) in [5.41, 5.74) is 0.819. The number of rotatable bonds is 4. The molecule has 1 rings (SSSR count). The van der Waals surface area contributed by atoms with Crippen LogP contribution in [0.3, 0.4) is 0 Å². The van der Waals surface area contributed by atoms with Crippen molar-refractivity contribution >= 4 is 0 Å². The van der Waals surface area contributed by atoms with Crippen molar-refractivity contribution < 1.29 is 14.3 Å². The molecule has 0 radical (unpaired) electrons. The third-order valence-corrected chi connectivity index (χ3v) is 2.08. The molecule has 0 aliphatic rings. The Bertz CT molecular complexity index is 279. The molecule has 0 aliphatic carbocycles. The van der Waals surface area contributed by atoms with Crippen LogP contribution in [-0.4, -0.2) is 14.2 Å². The van der Waals surface area contributed by atoms with E-state index in [1.54, 1.807) is 14.2 Å². The van der Waals surface area contributed by atoms with E-state index in [2.05, 4.69) is 0 Å². The molecule has 0 heterocycles. The molecule has 0 spiro atoms. The first-order valence-electron chi connectivity index (χ1n) is 4.31. The van der Waals surface area contributed by atoms with Crippen LogP contribution in [0.15, 0.2) is 18.2 Å². The molecule has 0 bridgehead atoms. The first-order chi connectivity index (χ1) is 6.74. The average Bonchev–Trinajstić information content (AvgIpc) is 2.26. The van der Waals surface area contributed by atoms with Crippen molar-refractivity contribution in [2.45, 2.75) is 13.0 Å². The fourth-order valence-electron chi connectivity index (χ4n) is 1.35. The molecule has 4 heteroatoms. The molecule has 0 saturated carbocycles. The molecule has 1 atom stereocenters. The number of methoxy groups -OCH3 is 2. The Morgan fingerprint density at radius 1 is 1.14 bits per heavy atom. The summed E-state index contributed by atoms with van der Waals surface area (Å²) in [5.74, 6) is 6.56. The van der Waals surface area contributed by atoms with Gasteiger partial charge >= 0.3 is 0 Å². The highest BCUT2D eigenvalue weighted by molar-refractivity contribution is 5.46. The molecule has 78 valence electrons. The monoisotopic (exact) mass is 197 g/mol. The lowest BCUT2D eigenvalue weighted by Crippen LogP contribution is -2.08. The first-order valence-corrected chi connectivity index (χ1v) is 4.31. The molecule has 1 unspecified atom stereocenters. The Labute approximate surface area is 83.5 Å². The normalized spacial score (nSPS) is 12.3. The summed E-state index contributed by atoms with van der Waals surface area (Å²) in [5, 5.41) is 0. The molecular formula is C10H15NO3. The highest BCUT2D eigenvalue weighted by atomic mass is 16.6. The minimum absolute atomic E-state index is 0.263. The summed E-state index contributed by atoms with van der Waals surface area (Å²) in [6, 6.07) is 5.53. The van der Waals surface area contributed by atoms with Gasteiger partial charge in [-0.15, -0.1) is 0 Å². The van der Waals surface area contributed by atoms with Crippen molar-refractivity contribution in [3.63, 3.8) is 0 Å². The highest BCUT2D eigenvalue weighted by Crippen LogP contribution is 2.34. The van der Waals surface area contributed by atoms with E-state index >= 15 is 0 Å². The van der Waals surface area contributed by atoms with E-state index < -0.39 is 0 Å². The summed E-state index contributed by atoms with van der Waals surface area (Å²) in [6.45, 7) is 1.83. The second-order valence-electron chi connectivity index (χ2n) is 2.85. The number of ether oxygens (including phenoxy) is 2. The van der Waals surface area contributed by atoms with Gasteiger partial charge in [0.15, 0.2) is 0 Å². The maximum atomic E-state index is 5.20. The Morgan fingerprint density at radius 2 is 1.64 bits per heavy atom. The molecule has 0 saturated heterocycles. The van der Waals surface area contributed by atoms with Gasteiger partial charge in [0.05, 0.1) is 19.8 Å². The Morgan fingerprint density at radius 3 is 2.00 bits per heavy atom. The standard InChI is InChI=1S/C10H15NO3/c1-7(14-11)10-8(12-2)5-4-6-9(10)13-3/h4-7H,11H2,1-3H3. The minimum atomic E-state index is -0.263. The van der Waals surface area contributed by atoms with Gasteiger partial charge < -0.3 is 9.47 Å². The number of nitrogens with two attached hydrogens (primary N) is 1. The van der Waals surface area contributed by atoms with Crippen LogP contribution in [-0.2, 0) is 4.84 Å². The average molecular weight is 197 g/mol. The molecule has 0 aromatic heterocycles. The summed E-state index contributed by atoms with van der Waals surface area (Å²) < 4.78 is 10.4. The zero-order valence-electron chi connectivity index (χ0n) is 8.61. The number of hydrogen-bond acceptors (Lipinski definition) is 4. The molecule has 0 fully saturated rings. The largest absolute Gasteiger partial charge is 0.496 e. The van der Waals surface area contributed by atoms with Crippen LogP contribution in [0, 0.1) is 0 Å². The van der Waals surface area contributed by atoms with Crippen LogP contribution >= 0.6 is 0 Å². The van der Waals surface area contributed by atoms with Gasteiger partial charge in [-0.2, -0.15) is 0 Å². The molecule has 2 N–H and O–H groups in total. The van der Waals surface area contributed by atoms with Crippen molar-refractivity contribution in [1.82, 2.24) is 0 Å². The van der Waals surface area contributed by atoms with Crippen molar-refractivity contribution in [3.05, 3.63) is 23.8 Å². The summed E-state index contributed by atoms with van der Waals surface area (Å²) >= 11 is 0. The maximum Gasteiger partial charge on any atom is 0.128 e. The van der Waals surface area contributed by atoms with Crippen molar-refractivity contribution in [1.29, 1.82) is 0 Å². The van der Waals surface area contributed by atoms with Gasteiger partial charge in [-0.05, 0) is 19.1 Å². The molecule has 0 amide bonds. The van der Waals surface area contributed by atoms with Crippen LogP contribution in [0.2, 0.25) is 0 Å². The van der Waals surface area contributed by atoms with E-state index in [1.807, 2.05) is 25.1 Å². The van der Waals surface area contributed by atoms with Gasteiger partial charge in [-0.3, -0.25) is 4.84 Å². The third kappa shape index (κ3) is 1.97. The Balaban J connectivity index is 3.18. The van der Waals surface area contributed by atoms with Crippen LogP contribution in [0.4, 0.5) is 0 Å². The lowest BCUT2D eigenvalue weighted by molar-refractivity contribution is 0.0627. The summed E-state index contributed by atoms with van der Waals surface area (Å²) in [4.78, 5) is 4.76. The van der Waals surface area contributed by atoms with Gasteiger partial charge in [0.2, 0.25) is 0 Å². The van der Waals surface area contributed by atoms with Crippen LogP contribution in [0.25, 0.3) is 0 Å². The van der Waals surface area contributed by atoms with E-state index in [0.29, 0.717) is 11.5 Å². The molecule has 0 aliphatic heterocycles. The topological polar surface area (TPSA) is 53.7 Å². The smallest absolute Gasteiger partial charge is 0.128 e. The predicted molar refractivity (Wildman–Crippen MR) is 53.2 cm³/mol. The molecule has 14 heavy (non-hydrogen) atoms. The maximum absolute atomic E-state index is 5.20. The molecule has 1 aromatic carbocycles.